The van der Waals surface area contributed by atoms with Gasteiger partial charge in [0, 0.05) is 0 Å². The maximum absolute atomic E-state index is 13.2. The van der Waals surface area contributed by atoms with Crippen LogP contribution in [0.4, 0.5) is 13.2 Å². The highest BCUT2D eigenvalue weighted by molar-refractivity contribution is 5.43. The monoisotopic (exact) mass is 478 g/mol. The number of hydrogen-bond acceptors (Lipinski definition) is 3. The Morgan fingerprint density at radius 2 is 1.97 bits per heavy atom. The number of rotatable bonds is 8. The molecular formula is C28H37F3O3. The first-order valence-electron chi connectivity index (χ1n) is 12.7. The van der Waals surface area contributed by atoms with Crippen LogP contribution in [0.15, 0.2) is 42.8 Å². The molecule has 3 aliphatic rings. The molecule has 0 radical (unpaired) electrons. The number of allylic oxidation sites excluding steroid dienone is 1. The molecule has 4 rings (SSSR count). The molecule has 6 heteroatoms. The molecule has 0 amide bonds. The largest absolute Gasteiger partial charge is 0.508 e. The zero-order chi connectivity index (χ0) is 24.7. The maximum atomic E-state index is 13.2. The van der Waals surface area contributed by atoms with Crippen LogP contribution in [0.25, 0.3) is 0 Å². The van der Waals surface area contributed by atoms with Crippen LogP contribution in [0, 0.1) is 22.7 Å². The van der Waals surface area contributed by atoms with E-state index >= 15 is 0 Å². The van der Waals surface area contributed by atoms with Gasteiger partial charge >= 0.3 is 6.08 Å². The summed E-state index contributed by atoms with van der Waals surface area (Å²) < 4.78 is 37.9. The fraction of sp³-hybridized carbons (Fsp3) is 0.643. The number of benzene rings is 1. The summed E-state index contributed by atoms with van der Waals surface area (Å²) in [4.78, 5) is 0. The second-order valence-electron chi connectivity index (χ2n) is 11.1. The zero-order valence-electron chi connectivity index (χ0n) is 19.9. The summed E-state index contributed by atoms with van der Waals surface area (Å²) in [5.74, 6) is -0.525. The van der Waals surface area contributed by atoms with Crippen LogP contribution in [0.5, 0.6) is 5.75 Å². The SMILES string of the molecule is C=C[C@]12CCc3cc(O)ccc3[C@H]1[C@@H](CCCCC[C@@H](O)C(F)=C(F)F)C[C@@]1(C)[C@H]2CC[C@@H]1O. The van der Waals surface area contributed by atoms with Crippen molar-refractivity contribution < 1.29 is 28.5 Å². The second-order valence-corrected chi connectivity index (χ2v) is 11.1. The minimum atomic E-state index is -2.45. The topological polar surface area (TPSA) is 60.7 Å². The van der Waals surface area contributed by atoms with Crippen molar-refractivity contribution in [3.8, 4) is 5.75 Å². The van der Waals surface area contributed by atoms with Crippen LogP contribution in [-0.4, -0.2) is 27.5 Å². The van der Waals surface area contributed by atoms with Gasteiger partial charge < -0.3 is 15.3 Å². The smallest absolute Gasteiger partial charge is 0.304 e. The standard InChI is InChI=1S/C28H37F3O3/c1-3-28-14-13-17-15-19(32)9-10-20(17)24(28)18(16-27(2)22(28)11-12-23(27)34)7-5-4-6-8-21(33)25(29)26(30)31/h3,9-10,15,18,21-24,32-34H,1,4-8,11-14,16H2,2H3/t18-,21+,22+,23-,24+,27-,28+/m0/s1. The predicted octanol–water partition coefficient (Wildman–Crippen LogP) is 6.78. The molecule has 3 nitrogen and oxygen atoms in total. The summed E-state index contributed by atoms with van der Waals surface area (Å²) in [7, 11) is 0. The summed E-state index contributed by atoms with van der Waals surface area (Å²) >= 11 is 0. The normalized spacial score (nSPS) is 35.1. The minimum absolute atomic E-state index is 0.0194. The van der Waals surface area contributed by atoms with E-state index in [1.807, 2.05) is 6.07 Å². The number of halogens is 3. The van der Waals surface area contributed by atoms with Crippen LogP contribution in [0.2, 0.25) is 0 Å². The molecule has 0 aromatic heterocycles. The van der Waals surface area contributed by atoms with Gasteiger partial charge in [0.2, 0.25) is 0 Å². The number of hydrogen-bond donors (Lipinski definition) is 3. The first kappa shape index (κ1) is 25.3. The van der Waals surface area contributed by atoms with Gasteiger partial charge in [0.25, 0.3) is 0 Å². The molecule has 0 saturated heterocycles. The molecule has 34 heavy (non-hydrogen) atoms. The number of phenolic OH excluding ortho intramolecular Hbond substituents is 1. The third-order valence-electron chi connectivity index (χ3n) is 9.38. The number of aliphatic hydroxyl groups excluding tert-OH is 2. The molecule has 188 valence electrons. The zero-order valence-corrected chi connectivity index (χ0v) is 19.9. The summed E-state index contributed by atoms with van der Waals surface area (Å²) in [6, 6.07) is 5.70. The van der Waals surface area contributed by atoms with Crippen molar-refractivity contribution in [2.75, 3.05) is 0 Å². The second kappa shape index (κ2) is 9.69. The Morgan fingerprint density at radius 1 is 1.21 bits per heavy atom. The summed E-state index contributed by atoms with van der Waals surface area (Å²) in [5, 5.41) is 30.7. The number of unbranched alkanes of at least 4 members (excludes halogenated alkanes) is 2. The van der Waals surface area contributed by atoms with Crippen molar-refractivity contribution >= 4 is 0 Å². The Balaban J connectivity index is 1.55. The number of aliphatic hydroxyl groups is 2. The summed E-state index contributed by atoms with van der Waals surface area (Å²) in [6.45, 7) is 6.53. The van der Waals surface area contributed by atoms with E-state index in [1.54, 1.807) is 6.07 Å². The van der Waals surface area contributed by atoms with Crippen LogP contribution < -0.4 is 0 Å². The average Bonchev–Trinajstić information content (AvgIpc) is 3.11. The molecule has 0 bridgehead atoms. The van der Waals surface area contributed by atoms with Crippen molar-refractivity contribution in [2.24, 2.45) is 22.7 Å². The Bertz CT molecular complexity index is 943. The number of fused-ring (bicyclic) bond motifs is 5. The van der Waals surface area contributed by atoms with Crippen LogP contribution >= 0.6 is 0 Å². The van der Waals surface area contributed by atoms with Gasteiger partial charge in [0.05, 0.1) is 6.10 Å². The fourth-order valence-electron chi connectivity index (χ4n) is 7.87. The molecule has 3 aliphatic carbocycles. The van der Waals surface area contributed by atoms with E-state index in [2.05, 4.69) is 25.6 Å². The third kappa shape index (κ3) is 4.21. The van der Waals surface area contributed by atoms with Gasteiger partial charge in [0.15, 0.2) is 5.83 Å². The van der Waals surface area contributed by atoms with Gasteiger partial charge in [0.1, 0.15) is 11.9 Å². The molecule has 0 spiro atoms. The Morgan fingerprint density at radius 3 is 2.68 bits per heavy atom. The number of phenols is 1. The molecule has 2 saturated carbocycles. The molecule has 0 unspecified atom stereocenters. The van der Waals surface area contributed by atoms with Crippen molar-refractivity contribution in [3.63, 3.8) is 0 Å². The van der Waals surface area contributed by atoms with Gasteiger partial charge in [-0.05, 0) is 96.8 Å². The van der Waals surface area contributed by atoms with Gasteiger partial charge in [-0.3, -0.25) is 0 Å². The van der Waals surface area contributed by atoms with Crippen LogP contribution in [-0.2, 0) is 6.42 Å². The lowest BCUT2D eigenvalue weighted by Crippen LogP contribution is -2.54. The van der Waals surface area contributed by atoms with Crippen LogP contribution in [0.1, 0.15) is 81.8 Å². The summed E-state index contributed by atoms with van der Waals surface area (Å²) in [6.07, 6.45) is 5.08. The van der Waals surface area contributed by atoms with E-state index in [0.29, 0.717) is 24.7 Å². The first-order chi connectivity index (χ1) is 16.1. The Kier molecular flexibility index (Phi) is 7.21. The van der Waals surface area contributed by atoms with E-state index in [9.17, 15) is 28.5 Å². The van der Waals surface area contributed by atoms with Crippen LogP contribution in [0.3, 0.4) is 0 Å². The van der Waals surface area contributed by atoms with Crippen molar-refractivity contribution in [1.29, 1.82) is 0 Å². The highest BCUT2D eigenvalue weighted by Crippen LogP contribution is 2.69. The fourth-order valence-corrected chi connectivity index (χ4v) is 7.87. The lowest BCUT2D eigenvalue weighted by atomic mass is 9.44. The first-order valence-corrected chi connectivity index (χ1v) is 12.7. The number of aryl methyl sites for hydroxylation is 1. The van der Waals surface area contributed by atoms with Gasteiger partial charge in [-0.25, -0.2) is 4.39 Å². The number of aromatic hydroxyl groups is 1. The van der Waals surface area contributed by atoms with Crippen molar-refractivity contribution in [2.45, 2.75) is 89.3 Å². The molecular weight excluding hydrogens is 441 g/mol. The quantitative estimate of drug-likeness (QED) is 0.285. The Hall–Kier alpha value is -1.79. The van der Waals surface area contributed by atoms with Crippen molar-refractivity contribution in [1.82, 2.24) is 0 Å². The highest BCUT2D eigenvalue weighted by Gasteiger charge is 2.63. The van der Waals surface area contributed by atoms with E-state index in [-0.39, 0.29) is 35.0 Å². The molecule has 3 N–H and O–H groups in total. The molecule has 7 atom stereocenters. The van der Waals surface area contributed by atoms with Gasteiger partial charge in [-0.15, -0.1) is 6.58 Å². The lowest BCUT2D eigenvalue weighted by molar-refractivity contribution is -0.0812. The lowest BCUT2D eigenvalue weighted by Gasteiger charge is -2.60. The Labute approximate surface area is 200 Å². The average molecular weight is 479 g/mol. The third-order valence-corrected chi connectivity index (χ3v) is 9.38. The molecule has 1 aromatic carbocycles. The summed E-state index contributed by atoms with van der Waals surface area (Å²) in [5.41, 5.74) is 2.18. The highest BCUT2D eigenvalue weighted by atomic mass is 19.3. The predicted molar refractivity (Wildman–Crippen MR) is 126 cm³/mol. The molecule has 2 fully saturated rings. The van der Waals surface area contributed by atoms with E-state index in [1.165, 1.54) is 11.1 Å². The minimum Gasteiger partial charge on any atom is -0.508 e. The molecule has 1 aromatic rings. The van der Waals surface area contributed by atoms with Gasteiger partial charge in [-0.1, -0.05) is 38.3 Å². The van der Waals surface area contributed by atoms with Gasteiger partial charge in [-0.2, -0.15) is 8.78 Å². The van der Waals surface area contributed by atoms with Crippen molar-refractivity contribution in [3.05, 3.63) is 53.9 Å². The van der Waals surface area contributed by atoms with E-state index < -0.39 is 18.0 Å². The maximum Gasteiger partial charge on any atom is 0.304 e. The molecule has 0 aliphatic heterocycles. The molecule has 0 heterocycles. The van der Waals surface area contributed by atoms with E-state index in [4.69, 9.17) is 0 Å². The van der Waals surface area contributed by atoms with E-state index in [0.717, 1.165) is 44.9 Å².